The zero-order valence-electron chi connectivity index (χ0n) is 15.2. The van der Waals surface area contributed by atoms with Gasteiger partial charge in [0.25, 0.3) is 0 Å². The summed E-state index contributed by atoms with van der Waals surface area (Å²) in [5.41, 5.74) is 4.33. The summed E-state index contributed by atoms with van der Waals surface area (Å²) in [7, 11) is 0. The molecule has 1 aliphatic rings. The molecule has 1 heterocycles. The fourth-order valence-corrected chi connectivity index (χ4v) is 3.35. The van der Waals surface area contributed by atoms with E-state index in [-0.39, 0.29) is 5.92 Å². The third kappa shape index (κ3) is 4.87. The highest BCUT2D eigenvalue weighted by molar-refractivity contribution is 7.78. The summed E-state index contributed by atoms with van der Waals surface area (Å²) in [6.07, 6.45) is 4.57. The average Bonchev–Trinajstić information content (AvgIpc) is 2.70. The van der Waals surface area contributed by atoms with E-state index in [9.17, 15) is 0 Å². The highest BCUT2D eigenvalue weighted by Crippen LogP contribution is 2.34. The van der Waals surface area contributed by atoms with E-state index in [2.05, 4.69) is 41.3 Å². The van der Waals surface area contributed by atoms with Gasteiger partial charge in [-0.2, -0.15) is 4.99 Å². The average molecular weight is 368 g/mol. The van der Waals surface area contributed by atoms with E-state index in [1.54, 1.807) is 0 Å². The summed E-state index contributed by atoms with van der Waals surface area (Å²) in [5.74, 6) is 0.261. The SMILES string of the molecule is CCCCCc1ccc(C2COC(c3ccccc3N=C=S)OC2)cc1. The molecule has 0 unspecified atom stereocenters. The summed E-state index contributed by atoms with van der Waals surface area (Å²) < 4.78 is 12.0. The van der Waals surface area contributed by atoms with Crippen molar-refractivity contribution in [3.8, 4) is 0 Å². The molecular formula is C22H25NO2S. The Morgan fingerprint density at radius 1 is 1.04 bits per heavy atom. The van der Waals surface area contributed by atoms with Crippen molar-refractivity contribution in [1.82, 2.24) is 0 Å². The third-order valence-electron chi connectivity index (χ3n) is 4.77. The van der Waals surface area contributed by atoms with Crippen LogP contribution in [0.4, 0.5) is 5.69 Å². The second-order valence-corrected chi connectivity index (χ2v) is 6.84. The summed E-state index contributed by atoms with van der Waals surface area (Å²) in [5, 5.41) is 2.42. The van der Waals surface area contributed by atoms with Gasteiger partial charge in [-0.05, 0) is 42.3 Å². The van der Waals surface area contributed by atoms with E-state index >= 15 is 0 Å². The second-order valence-electron chi connectivity index (χ2n) is 6.66. The minimum Gasteiger partial charge on any atom is -0.348 e. The first-order chi connectivity index (χ1) is 12.8. The predicted molar refractivity (Wildman–Crippen MR) is 108 cm³/mol. The number of hydrogen-bond donors (Lipinski definition) is 0. The molecule has 1 saturated heterocycles. The van der Waals surface area contributed by atoms with Gasteiger partial charge >= 0.3 is 0 Å². The molecule has 1 fully saturated rings. The van der Waals surface area contributed by atoms with Crippen molar-refractivity contribution in [3.05, 3.63) is 65.2 Å². The van der Waals surface area contributed by atoms with Crippen LogP contribution in [0, 0.1) is 0 Å². The summed E-state index contributed by atoms with van der Waals surface area (Å²) in [6, 6.07) is 16.6. The number of unbranched alkanes of at least 4 members (excludes halogenated alkanes) is 2. The molecule has 0 radical (unpaired) electrons. The van der Waals surface area contributed by atoms with Crippen LogP contribution in [0.25, 0.3) is 0 Å². The lowest BCUT2D eigenvalue weighted by Crippen LogP contribution is -2.25. The van der Waals surface area contributed by atoms with E-state index in [4.69, 9.17) is 21.7 Å². The van der Waals surface area contributed by atoms with Gasteiger partial charge in [-0.1, -0.05) is 62.2 Å². The zero-order chi connectivity index (χ0) is 18.2. The number of thiocarbonyl (C=S) groups is 1. The van der Waals surface area contributed by atoms with Crippen molar-refractivity contribution >= 4 is 23.1 Å². The van der Waals surface area contributed by atoms with Crippen LogP contribution in [0.3, 0.4) is 0 Å². The van der Waals surface area contributed by atoms with Crippen LogP contribution in [-0.2, 0) is 15.9 Å². The molecule has 136 valence electrons. The van der Waals surface area contributed by atoms with E-state index in [0.29, 0.717) is 13.2 Å². The third-order valence-corrected chi connectivity index (χ3v) is 4.87. The summed E-state index contributed by atoms with van der Waals surface area (Å²) >= 11 is 4.72. The number of benzene rings is 2. The molecule has 0 amide bonds. The number of isothiocyanates is 1. The van der Waals surface area contributed by atoms with Gasteiger partial charge in [0, 0.05) is 11.5 Å². The molecule has 0 N–H and O–H groups in total. The Balaban J connectivity index is 1.59. The normalized spacial score (nSPS) is 19.7. The Morgan fingerprint density at radius 2 is 1.77 bits per heavy atom. The molecule has 0 aromatic heterocycles. The first-order valence-electron chi connectivity index (χ1n) is 9.30. The quantitative estimate of drug-likeness (QED) is 0.342. The minimum absolute atomic E-state index is 0.261. The lowest BCUT2D eigenvalue weighted by atomic mass is 9.97. The Hall–Kier alpha value is -1.84. The van der Waals surface area contributed by atoms with Crippen LogP contribution >= 0.6 is 12.2 Å². The highest BCUT2D eigenvalue weighted by Gasteiger charge is 2.26. The molecule has 2 aromatic carbocycles. The van der Waals surface area contributed by atoms with Crippen LogP contribution in [0.5, 0.6) is 0 Å². The first kappa shape index (κ1) is 18.9. The monoisotopic (exact) mass is 367 g/mol. The number of aliphatic imine (C=N–C) groups is 1. The second kappa shape index (κ2) is 9.75. The van der Waals surface area contributed by atoms with Crippen LogP contribution in [0.2, 0.25) is 0 Å². The Labute approximate surface area is 161 Å². The largest absolute Gasteiger partial charge is 0.348 e. The Morgan fingerprint density at radius 3 is 2.46 bits per heavy atom. The van der Waals surface area contributed by atoms with Gasteiger partial charge in [-0.25, -0.2) is 0 Å². The van der Waals surface area contributed by atoms with E-state index in [0.717, 1.165) is 17.7 Å². The lowest BCUT2D eigenvalue weighted by molar-refractivity contribution is -0.191. The first-order valence-corrected chi connectivity index (χ1v) is 9.71. The van der Waals surface area contributed by atoms with Gasteiger partial charge in [-0.15, -0.1) is 0 Å². The van der Waals surface area contributed by atoms with Crippen molar-refractivity contribution in [3.63, 3.8) is 0 Å². The van der Waals surface area contributed by atoms with Crippen molar-refractivity contribution in [1.29, 1.82) is 0 Å². The van der Waals surface area contributed by atoms with Gasteiger partial charge in [0.1, 0.15) is 0 Å². The smallest absolute Gasteiger partial charge is 0.185 e. The van der Waals surface area contributed by atoms with Crippen LogP contribution < -0.4 is 0 Å². The van der Waals surface area contributed by atoms with Crippen molar-refractivity contribution < 1.29 is 9.47 Å². The molecule has 0 spiro atoms. The van der Waals surface area contributed by atoms with Crippen LogP contribution in [0.15, 0.2) is 53.5 Å². The van der Waals surface area contributed by atoms with E-state index < -0.39 is 6.29 Å². The molecule has 3 nitrogen and oxygen atoms in total. The van der Waals surface area contributed by atoms with Gasteiger partial charge in [0.15, 0.2) is 6.29 Å². The molecule has 0 saturated carbocycles. The molecule has 0 bridgehead atoms. The zero-order valence-corrected chi connectivity index (χ0v) is 16.0. The van der Waals surface area contributed by atoms with E-state index in [1.165, 1.54) is 30.4 Å². The van der Waals surface area contributed by atoms with Crippen molar-refractivity contribution in [2.75, 3.05) is 13.2 Å². The van der Waals surface area contributed by atoms with Crippen LogP contribution in [0.1, 0.15) is 55.1 Å². The lowest BCUT2D eigenvalue weighted by Gasteiger charge is -2.30. The molecule has 1 aliphatic heterocycles. The number of nitrogens with zero attached hydrogens (tertiary/aromatic N) is 1. The maximum Gasteiger partial charge on any atom is 0.185 e. The van der Waals surface area contributed by atoms with Gasteiger partial charge in [0.2, 0.25) is 0 Å². The van der Waals surface area contributed by atoms with E-state index in [1.807, 2.05) is 24.3 Å². The van der Waals surface area contributed by atoms with Gasteiger partial charge in [-0.3, -0.25) is 0 Å². The summed E-state index contributed by atoms with van der Waals surface area (Å²) in [6.45, 7) is 3.50. The Bertz CT molecular complexity index is 745. The predicted octanol–water partition coefficient (Wildman–Crippen LogP) is 5.98. The fourth-order valence-electron chi connectivity index (χ4n) is 3.25. The molecule has 0 aliphatic carbocycles. The standard InChI is InChI=1S/C22H25NO2S/c1-2-3-4-7-17-10-12-18(13-11-17)19-14-24-22(25-15-19)20-8-5-6-9-21(20)23-16-26/h5-6,8-13,19,22H,2-4,7,14-15H2,1H3. The molecular weight excluding hydrogens is 342 g/mol. The highest BCUT2D eigenvalue weighted by atomic mass is 32.1. The molecule has 26 heavy (non-hydrogen) atoms. The van der Waals surface area contributed by atoms with Crippen LogP contribution in [-0.4, -0.2) is 18.4 Å². The molecule has 0 atom stereocenters. The fraction of sp³-hybridized carbons (Fsp3) is 0.409. The number of hydrogen-bond acceptors (Lipinski definition) is 4. The topological polar surface area (TPSA) is 30.8 Å². The number of aryl methyl sites for hydroxylation is 1. The molecule has 2 aromatic rings. The maximum atomic E-state index is 5.98. The Kier molecular flexibility index (Phi) is 7.10. The number of ether oxygens (including phenoxy) is 2. The van der Waals surface area contributed by atoms with Gasteiger partial charge in [0.05, 0.1) is 24.1 Å². The van der Waals surface area contributed by atoms with Gasteiger partial charge < -0.3 is 9.47 Å². The molecule has 3 rings (SSSR count). The minimum atomic E-state index is -0.400. The van der Waals surface area contributed by atoms with Crippen molar-refractivity contribution in [2.24, 2.45) is 4.99 Å². The number of rotatable bonds is 7. The van der Waals surface area contributed by atoms with Crippen molar-refractivity contribution in [2.45, 2.75) is 44.8 Å². The summed E-state index contributed by atoms with van der Waals surface area (Å²) in [4.78, 5) is 4.10. The number of para-hydroxylation sites is 1. The molecule has 4 heteroatoms. The maximum absolute atomic E-state index is 5.98.